The molecule has 5 heteroatoms. The number of Topliss-reactive ketones (excluding diaryl/α,β-unsaturated/α-hetero) is 1. The summed E-state index contributed by atoms with van der Waals surface area (Å²) < 4.78 is 4.44. The third kappa shape index (κ3) is 2.92. The average Bonchev–Trinajstić information content (AvgIpc) is 2.29. The Morgan fingerprint density at radius 2 is 2.31 bits per heavy atom. The number of nitrogens with two attached hydrogens (primary N) is 1. The quantitative estimate of drug-likeness (QED) is 0.547. The minimum absolute atomic E-state index is 0.126. The summed E-state index contributed by atoms with van der Waals surface area (Å²) in [6.07, 6.45) is 2.81. The molecule has 1 aliphatic rings. The van der Waals surface area contributed by atoms with Crippen LogP contribution in [0.1, 0.15) is 25.7 Å². The summed E-state index contributed by atoms with van der Waals surface area (Å²) >= 11 is 0. The molecule has 5 nitrogen and oxygen atoms in total. The summed E-state index contributed by atoms with van der Waals surface area (Å²) in [4.78, 5) is 22.7. The molecule has 1 saturated carbocycles. The van der Waals surface area contributed by atoms with Gasteiger partial charge in [0, 0.05) is 11.6 Å². The lowest BCUT2D eigenvalue weighted by Gasteiger charge is -2.23. The highest BCUT2D eigenvalue weighted by molar-refractivity contribution is 6.02. The van der Waals surface area contributed by atoms with E-state index < -0.39 is 5.97 Å². The van der Waals surface area contributed by atoms with Crippen molar-refractivity contribution >= 4 is 17.5 Å². The Bertz CT molecular complexity index is 347. The van der Waals surface area contributed by atoms with Crippen LogP contribution in [0.5, 0.6) is 0 Å². The Labute approximate surface area is 94.2 Å². The summed E-state index contributed by atoms with van der Waals surface area (Å²) in [6, 6.07) is 0. The van der Waals surface area contributed by atoms with Crippen LogP contribution in [0.2, 0.25) is 0 Å². The lowest BCUT2D eigenvalue weighted by atomic mass is 9.81. The van der Waals surface area contributed by atoms with Crippen LogP contribution in [-0.2, 0) is 14.3 Å². The molecule has 0 spiro atoms. The molecule has 16 heavy (non-hydrogen) atoms. The van der Waals surface area contributed by atoms with Crippen molar-refractivity contribution in [2.75, 3.05) is 7.11 Å². The standard InChI is InChI=1S/C11H16N2O3/c1-16-11(15)5-10(14)7-2-3-9(13)8(4-7)6-12/h6-7,13H,2-5,12H2,1H3/b8-6-,13-9?. The third-order valence-corrected chi connectivity index (χ3v) is 2.80. The average molecular weight is 224 g/mol. The van der Waals surface area contributed by atoms with Crippen molar-refractivity contribution in [1.29, 1.82) is 5.41 Å². The number of esters is 1. The topological polar surface area (TPSA) is 93.2 Å². The number of nitrogens with one attached hydrogen (secondary N) is 1. The monoisotopic (exact) mass is 224 g/mol. The van der Waals surface area contributed by atoms with Crippen LogP contribution in [0.25, 0.3) is 0 Å². The van der Waals surface area contributed by atoms with Gasteiger partial charge in [-0.1, -0.05) is 0 Å². The molecule has 0 aromatic carbocycles. The molecule has 1 fully saturated rings. The summed E-state index contributed by atoms with van der Waals surface area (Å²) in [5.41, 5.74) is 6.57. The molecule has 1 unspecified atom stereocenters. The number of hydrogen-bond acceptors (Lipinski definition) is 5. The normalized spacial score (nSPS) is 23.2. The van der Waals surface area contributed by atoms with Crippen LogP contribution in [0.3, 0.4) is 0 Å². The molecule has 3 N–H and O–H groups in total. The van der Waals surface area contributed by atoms with E-state index in [0.717, 1.165) is 0 Å². The third-order valence-electron chi connectivity index (χ3n) is 2.80. The van der Waals surface area contributed by atoms with Crippen molar-refractivity contribution in [2.24, 2.45) is 11.7 Å². The Hall–Kier alpha value is -1.65. The van der Waals surface area contributed by atoms with E-state index in [9.17, 15) is 9.59 Å². The van der Waals surface area contributed by atoms with E-state index in [1.807, 2.05) is 0 Å². The summed E-state index contributed by atoms with van der Waals surface area (Å²) in [5, 5.41) is 7.60. The Balaban J connectivity index is 2.59. The van der Waals surface area contributed by atoms with Crippen LogP contribution in [0.15, 0.2) is 11.8 Å². The van der Waals surface area contributed by atoms with Crippen LogP contribution in [0, 0.1) is 11.3 Å². The Morgan fingerprint density at radius 3 is 2.88 bits per heavy atom. The van der Waals surface area contributed by atoms with Crippen molar-refractivity contribution in [1.82, 2.24) is 0 Å². The van der Waals surface area contributed by atoms with Gasteiger partial charge in [-0.3, -0.25) is 9.59 Å². The van der Waals surface area contributed by atoms with Gasteiger partial charge in [-0.2, -0.15) is 0 Å². The molecule has 88 valence electrons. The summed E-state index contributed by atoms with van der Waals surface area (Å²) in [6.45, 7) is 0. The maximum Gasteiger partial charge on any atom is 0.313 e. The molecule has 1 rings (SSSR count). The van der Waals surface area contributed by atoms with Gasteiger partial charge in [0.05, 0.1) is 7.11 Å². The molecule has 1 atom stereocenters. The predicted molar refractivity (Wildman–Crippen MR) is 59.0 cm³/mol. The van der Waals surface area contributed by atoms with Gasteiger partial charge in [-0.15, -0.1) is 0 Å². The molecule has 0 radical (unpaired) electrons. The highest BCUT2D eigenvalue weighted by Crippen LogP contribution is 2.27. The fraction of sp³-hybridized carbons (Fsp3) is 0.545. The van der Waals surface area contributed by atoms with Crippen LogP contribution in [0.4, 0.5) is 0 Å². The van der Waals surface area contributed by atoms with E-state index in [2.05, 4.69) is 4.74 Å². The predicted octanol–water partition coefficient (Wildman–Crippen LogP) is 0.781. The number of hydrogen-bond donors (Lipinski definition) is 2. The SMILES string of the molecule is COC(=O)CC(=O)C1CCC(=N)/C(=C\N)C1. The van der Waals surface area contributed by atoms with Gasteiger partial charge < -0.3 is 15.9 Å². The first kappa shape index (κ1) is 12.4. The van der Waals surface area contributed by atoms with Crippen molar-refractivity contribution < 1.29 is 14.3 Å². The number of methoxy groups -OCH3 is 1. The summed E-state index contributed by atoms with van der Waals surface area (Å²) in [5.74, 6) is -0.842. The number of ether oxygens (including phenoxy) is 1. The highest BCUT2D eigenvalue weighted by atomic mass is 16.5. The molecule has 0 heterocycles. The van der Waals surface area contributed by atoms with E-state index in [1.54, 1.807) is 0 Å². The lowest BCUT2D eigenvalue weighted by molar-refractivity contribution is -0.144. The molecule has 0 aliphatic heterocycles. The van der Waals surface area contributed by atoms with Gasteiger partial charge in [0.1, 0.15) is 12.2 Å². The molecular weight excluding hydrogens is 208 g/mol. The Kier molecular flexibility index (Phi) is 4.22. The van der Waals surface area contributed by atoms with Gasteiger partial charge >= 0.3 is 5.97 Å². The van der Waals surface area contributed by atoms with E-state index in [-0.39, 0.29) is 18.1 Å². The first-order chi connectivity index (χ1) is 7.58. The largest absolute Gasteiger partial charge is 0.469 e. The number of allylic oxidation sites excluding steroid dienone is 1. The second-order valence-electron chi connectivity index (χ2n) is 3.83. The van der Waals surface area contributed by atoms with Crippen molar-refractivity contribution in [3.63, 3.8) is 0 Å². The molecule has 0 aromatic heterocycles. The van der Waals surface area contributed by atoms with Crippen LogP contribution >= 0.6 is 0 Å². The van der Waals surface area contributed by atoms with E-state index >= 15 is 0 Å². The fourth-order valence-corrected chi connectivity index (χ4v) is 1.77. The minimum Gasteiger partial charge on any atom is -0.469 e. The Morgan fingerprint density at radius 1 is 1.62 bits per heavy atom. The molecule has 0 saturated heterocycles. The first-order valence-electron chi connectivity index (χ1n) is 5.16. The zero-order valence-electron chi connectivity index (χ0n) is 9.29. The fourth-order valence-electron chi connectivity index (χ4n) is 1.77. The number of rotatable bonds is 3. The molecule has 0 amide bonds. The first-order valence-corrected chi connectivity index (χ1v) is 5.16. The number of carbonyl (C=O) groups is 2. The second-order valence-corrected chi connectivity index (χ2v) is 3.83. The van der Waals surface area contributed by atoms with E-state index in [1.165, 1.54) is 13.3 Å². The van der Waals surface area contributed by atoms with E-state index in [4.69, 9.17) is 11.1 Å². The number of carbonyl (C=O) groups excluding carboxylic acids is 2. The van der Waals surface area contributed by atoms with Gasteiger partial charge in [0.25, 0.3) is 0 Å². The van der Waals surface area contributed by atoms with E-state index in [0.29, 0.717) is 30.5 Å². The molecule has 1 aliphatic carbocycles. The van der Waals surface area contributed by atoms with Crippen molar-refractivity contribution in [3.05, 3.63) is 11.8 Å². The smallest absolute Gasteiger partial charge is 0.313 e. The maximum absolute atomic E-state index is 11.7. The lowest BCUT2D eigenvalue weighted by Crippen LogP contribution is -2.26. The molecular formula is C11H16N2O3. The minimum atomic E-state index is -0.510. The van der Waals surface area contributed by atoms with Gasteiger partial charge in [-0.25, -0.2) is 0 Å². The highest BCUT2D eigenvalue weighted by Gasteiger charge is 2.27. The summed E-state index contributed by atoms with van der Waals surface area (Å²) in [7, 11) is 1.26. The van der Waals surface area contributed by atoms with Crippen molar-refractivity contribution in [3.8, 4) is 0 Å². The zero-order chi connectivity index (χ0) is 12.1. The van der Waals surface area contributed by atoms with Crippen LogP contribution < -0.4 is 5.73 Å². The zero-order valence-corrected chi connectivity index (χ0v) is 9.29. The maximum atomic E-state index is 11.7. The molecule has 0 bridgehead atoms. The number of ketones is 1. The second kappa shape index (κ2) is 5.44. The van der Waals surface area contributed by atoms with Gasteiger partial charge in [0.15, 0.2) is 0 Å². The van der Waals surface area contributed by atoms with Crippen LogP contribution in [-0.4, -0.2) is 24.6 Å². The van der Waals surface area contributed by atoms with Crippen molar-refractivity contribution in [2.45, 2.75) is 25.7 Å². The van der Waals surface area contributed by atoms with Gasteiger partial charge in [0.2, 0.25) is 0 Å². The molecule has 0 aromatic rings. The van der Waals surface area contributed by atoms with Gasteiger partial charge in [-0.05, 0) is 31.0 Å².